The fraction of sp³-hybridized carbons (Fsp3) is 0.909. The molecule has 0 spiro atoms. The molecule has 1 saturated heterocycles. The monoisotopic (exact) mass is 212 g/mol. The van der Waals surface area contributed by atoms with Crippen LogP contribution >= 0.6 is 0 Å². The van der Waals surface area contributed by atoms with E-state index in [1.54, 1.807) is 0 Å². The van der Waals surface area contributed by atoms with E-state index in [9.17, 15) is 4.79 Å². The molecule has 0 bridgehead atoms. The molecular weight excluding hydrogens is 192 g/mol. The lowest BCUT2D eigenvalue weighted by Gasteiger charge is -2.38. The van der Waals surface area contributed by atoms with Crippen molar-refractivity contribution in [3.05, 3.63) is 0 Å². The molecule has 0 aromatic rings. The zero-order valence-electron chi connectivity index (χ0n) is 9.34. The fourth-order valence-corrected chi connectivity index (χ4v) is 1.89. The summed E-state index contributed by atoms with van der Waals surface area (Å²) < 4.78 is 5.38. The van der Waals surface area contributed by atoms with Gasteiger partial charge in [-0.15, -0.1) is 0 Å². The molecule has 4 nitrogen and oxygen atoms in total. The first-order valence-electron chi connectivity index (χ1n) is 5.77. The largest absolute Gasteiger partial charge is 0.366 e. The number of rotatable bonds is 5. The summed E-state index contributed by atoms with van der Waals surface area (Å²) in [5, 5.41) is 6.05. The molecule has 1 heterocycles. The second-order valence-corrected chi connectivity index (χ2v) is 5.03. The zero-order chi connectivity index (χ0) is 10.7. The van der Waals surface area contributed by atoms with E-state index in [1.165, 1.54) is 19.3 Å². The molecule has 2 rings (SSSR count). The maximum Gasteiger partial charge on any atom is 0.246 e. The van der Waals surface area contributed by atoms with E-state index < -0.39 is 0 Å². The van der Waals surface area contributed by atoms with Crippen molar-refractivity contribution in [3.8, 4) is 0 Å². The molecule has 1 aliphatic heterocycles. The van der Waals surface area contributed by atoms with E-state index in [4.69, 9.17) is 4.74 Å². The molecule has 1 amide bonds. The maximum absolute atomic E-state index is 11.4. The first-order chi connectivity index (χ1) is 7.18. The van der Waals surface area contributed by atoms with Gasteiger partial charge in [0.2, 0.25) is 5.91 Å². The minimum absolute atomic E-state index is 0.0232. The Morgan fingerprint density at radius 2 is 2.27 bits per heavy atom. The van der Waals surface area contributed by atoms with E-state index in [0.29, 0.717) is 5.41 Å². The van der Waals surface area contributed by atoms with Crippen LogP contribution in [0.5, 0.6) is 0 Å². The van der Waals surface area contributed by atoms with Crippen molar-refractivity contribution in [2.75, 3.05) is 26.2 Å². The molecule has 0 unspecified atom stereocenters. The first kappa shape index (κ1) is 10.9. The van der Waals surface area contributed by atoms with Crippen LogP contribution in [-0.2, 0) is 9.53 Å². The Balaban J connectivity index is 1.55. The van der Waals surface area contributed by atoms with Crippen molar-refractivity contribution < 1.29 is 9.53 Å². The summed E-state index contributed by atoms with van der Waals surface area (Å²) in [7, 11) is 0. The van der Waals surface area contributed by atoms with Crippen LogP contribution in [0.2, 0.25) is 0 Å². The highest BCUT2D eigenvalue weighted by atomic mass is 16.5. The zero-order valence-corrected chi connectivity index (χ0v) is 9.34. The van der Waals surface area contributed by atoms with Crippen LogP contribution in [0.3, 0.4) is 0 Å². The summed E-state index contributed by atoms with van der Waals surface area (Å²) in [6, 6.07) is 0. The Hall–Kier alpha value is -0.610. The second kappa shape index (κ2) is 4.49. The molecule has 1 aliphatic carbocycles. The van der Waals surface area contributed by atoms with Gasteiger partial charge in [0, 0.05) is 19.6 Å². The highest BCUT2D eigenvalue weighted by Gasteiger charge is 2.31. The van der Waals surface area contributed by atoms with E-state index in [1.807, 2.05) is 0 Å². The highest BCUT2D eigenvalue weighted by Crippen LogP contribution is 2.39. The summed E-state index contributed by atoms with van der Waals surface area (Å²) in [6.45, 7) is 5.00. The van der Waals surface area contributed by atoms with Crippen molar-refractivity contribution in [1.82, 2.24) is 10.6 Å². The third kappa shape index (κ3) is 2.92. The third-order valence-electron chi connectivity index (χ3n) is 3.47. The summed E-state index contributed by atoms with van der Waals surface area (Å²) in [6.07, 6.45) is 4.02. The van der Waals surface area contributed by atoms with Crippen LogP contribution in [0.4, 0.5) is 0 Å². The van der Waals surface area contributed by atoms with E-state index >= 15 is 0 Å². The Bertz CT molecular complexity index is 235. The lowest BCUT2D eigenvalue weighted by atomic mass is 9.70. The normalized spacial score (nSPS) is 24.1. The molecule has 0 atom stereocenters. The molecule has 15 heavy (non-hydrogen) atoms. The van der Waals surface area contributed by atoms with Crippen LogP contribution < -0.4 is 10.6 Å². The minimum Gasteiger partial charge on any atom is -0.366 e. The van der Waals surface area contributed by atoms with E-state index in [-0.39, 0.29) is 18.6 Å². The molecule has 4 heteroatoms. The maximum atomic E-state index is 11.4. The van der Waals surface area contributed by atoms with Crippen molar-refractivity contribution in [3.63, 3.8) is 0 Å². The van der Waals surface area contributed by atoms with Crippen molar-refractivity contribution >= 4 is 5.91 Å². The lowest BCUT2D eigenvalue weighted by Crippen LogP contribution is -2.50. The van der Waals surface area contributed by atoms with Gasteiger partial charge in [0.15, 0.2) is 0 Å². The van der Waals surface area contributed by atoms with Crippen molar-refractivity contribution in [1.29, 1.82) is 0 Å². The molecule has 2 N–H and O–H groups in total. The SMILES string of the molecule is CC1(CNC(=O)COC2CNC2)CCC1. The van der Waals surface area contributed by atoms with Gasteiger partial charge in [-0.1, -0.05) is 13.3 Å². The average molecular weight is 212 g/mol. The Morgan fingerprint density at radius 1 is 1.53 bits per heavy atom. The van der Waals surface area contributed by atoms with E-state index in [0.717, 1.165) is 19.6 Å². The van der Waals surface area contributed by atoms with Crippen LogP contribution in [-0.4, -0.2) is 38.3 Å². The number of amides is 1. The number of hydrogen-bond donors (Lipinski definition) is 2. The molecule has 0 radical (unpaired) electrons. The minimum atomic E-state index is 0.0232. The summed E-state index contributed by atoms with van der Waals surface area (Å²) in [5.74, 6) is 0.0232. The van der Waals surface area contributed by atoms with Crippen LogP contribution in [0.1, 0.15) is 26.2 Å². The molecule has 86 valence electrons. The van der Waals surface area contributed by atoms with Gasteiger partial charge in [0.05, 0.1) is 6.10 Å². The van der Waals surface area contributed by atoms with Gasteiger partial charge in [-0.05, 0) is 18.3 Å². The predicted octanol–water partition coefficient (Wildman–Crippen LogP) is 0.281. The molecule has 2 fully saturated rings. The van der Waals surface area contributed by atoms with Gasteiger partial charge in [0.1, 0.15) is 6.61 Å². The highest BCUT2D eigenvalue weighted by molar-refractivity contribution is 5.77. The second-order valence-electron chi connectivity index (χ2n) is 5.03. The fourth-order valence-electron chi connectivity index (χ4n) is 1.89. The Kier molecular flexibility index (Phi) is 3.26. The van der Waals surface area contributed by atoms with Crippen LogP contribution in [0.25, 0.3) is 0 Å². The summed E-state index contributed by atoms with van der Waals surface area (Å²) >= 11 is 0. The quantitative estimate of drug-likeness (QED) is 0.688. The number of carbonyl (C=O) groups is 1. The molecule has 1 saturated carbocycles. The Morgan fingerprint density at radius 3 is 2.73 bits per heavy atom. The molecule has 2 aliphatic rings. The predicted molar refractivity (Wildman–Crippen MR) is 57.6 cm³/mol. The van der Waals surface area contributed by atoms with Gasteiger partial charge in [-0.25, -0.2) is 0 Å². The average Bonchev–Trinajstić information content (AvgIpc) is 2.09. The Labute approximate surface area is 90.8 Å². The standard InChI is InChI=1S/C11H20N2O2/c1-11(3-2-4-11)8-13-10(14)7-15-9-5-12-6-9/h9,12H,2-8H2,1H3,(H,13,14). The van der Waals surface area contributed by atoms with Crippen LogP contribution in [0, 0.1) is 5.41 Å². The van der Waals surface area contributed by atoms with Gasteiger partial charge in [-0.3, -0.25) is 4.79 Å². The van der Waals surface area contributed by atoms with Gasteiger partial charge in [-0.2, -0.15) is 0 Å². The molecular formula is C11H20N2O2. The topological polar surface area (TPSA) is 50.4 Å². The number of carbonyl (C=O) groups excluding carboxylic acids is 1. The summed E-state index contributed by atoms with van der Waals surface area (Å²) in [4.78, 5) is 11.4. The van der Waals surface area contributed by atoms with Crippen molar-refractivity contribution in [2.45, 2.75) is 32.3 Å². The van der Waals surface area contributed by atoms with Gasteiger partial charge >= 0.3 is 0 Å². The third-order valence-corrected chi connectivity index (χ3v) is 3.47. The van der Waals surface area contributed by atoms with Gasteiger partial charge < -0.3 is 15.4 Å². The molecule has 0 aromatic heterocycles. The van der Waals surface area contributed by atoms with Crippen LogP contribution in [0.15, 0.2) is 0 Å². The summed E-state index contributed by atoms with van der Waals surface area (Å²) in [5.41, 5.74) is 0.355. The first-order valence-corrected chi connectivity index (χ1v) is 5.77. The van der Waals surface area contributed by atoms with E-state index in [2.05, 4.69) is 17.6 Å². The molecule has 0 aromatic carbocycles. The number of ether oxygens (including phenoxy) is 1. The smallest absolute Gasteiger partial charge is 0.246 e. The number of hydrogen-bond acceptors (Lipinski definition) is 3. The van der Waals surface area contributed by atoms with Gasteiger partial charge in [0.25, 0.3) is 0 Å². The van der Waals surface area contributed by atoms with Crippen molar-refractivity contribution in [2.24, 2.45) is 5.41 Å². The number of nitrogens with one attached hydrogen (secondary N) is 2. The lowest BCUT2D eigenvalue weighted by molar-refractivity contribution is -0.129.